The van der Waals surface area contributed by atoms with E-state index in [0.29, 0.717) is 10.4 Å². The van der Waals surface area contributed by atoms with Gasteiger partial charge in [-0.15, -0.1) is 0 Å². The van der Waals surface area contributed by atoms with Crippen LogP contribution in [-0.4, -0.2) is 9.91 Å². The Bertz CT molecular complexity index is 689. The highest BCUT2D eigenvalue weighted by atomic mass is 35.5. The summed E-state index contributed by atoms with van der Waals surface area (Å²) >= 11 is 7.08. The number of halogens is 1. The van der Waals surface area contributed by atoms with Gasteiger partial charge in [-0.1, -0.05) is 22.9 Å². The number of thiophene rings is 1. The summed E-state index contributed by atoms with van der Waals surface area (Å²) in [6, 6.07) is 8.22. The van der Waals surface area contributed by atoms with Crippen LogP contribution in [0.5, 0.6) is 0 Å². The van der Waals surface area contributed by atoms with Crippen LogP contribution in [0.1, 0.15) is 10.4 Å². The van der Waals surface area contributed by atoms with Crippen LogP contribution in [-0.2, 0) is 0 Å². The van der Waals surface area contributed by atoms with Gasteiger partial charge in [0.15, 0.2) is 0 Å². The predicted molar refractivity (Wildman–Crippen MR) is 73.5 cm³/mol. The fourth-order valence-electron chi connectivity index (χ4n) is 1.43. The number of pyridine rings is 1. The normalized spacial score (nSPS) is 11.6. The van der Waals surface area contributed by atoms with Crippen LogP contribution in [0.15, 0.2) is 36.7 Å². The van der Waals surface area contributed by atoms with Crippen LogP contribution in [0.3, 0.4) is 0 Å². The minimum absolute atomic E-state index is 0.0137. The molecular formula is C12H6ClN3O2S. The molecule has 19 heavy (non-hydrogen) atoms. The molecule has 0 aliphatic carbocycles. The summed E-state index contributed by atoms with van der Waals surface area (Å²) in [6.07, 6.45) is 3.10. The molecule has 7 heteroatoms. The van der Waals surface area contributed by atoms with Gasteiger partial charge in [-0.05, 0) is 23.8 Å². The van der Waals surface area contributed by atoms with Crippen molar-refractivity contribution < 1.29 is 4.92 Å². The molecule has 0 bridgehead atoms. The Morgan fingerprint density at radius 2 is 2.05 bits per heavy atom. The Morgan fingerprint density at radius 1 is 1.37 bits per heavy atom. The molecule has 0 aromatic carbocycles. The van der Waals surface area contributed by atoms with Crippen LogP contribution in [0.25, 0.3) is 10.6 Å². The fraction of sp³-hybridized carbons (Fsp3) is 0. The van der Waals surface area contributed by atoms with Crippen molar-refractivity contribution in [2.75, 3.05) is 0 Å². The lowest BCUT2D eigenvalue weighted by Crippen LogP contribution is -1.84. The molecule has 0 aliphatic heterocycles. The first-order valence-electron chi connectivity index (χ1n) is 5.08. The van der Waals surface area contributed by atoms with Crippen molar-refractivity contribution in [1.29, 1.82) is 5.26 Å². The zero-order chi connectivity index (χ0) is 13.8. The molecule has 0 aliphatic rings. The summed E-state index contributed by atoms with van der Waals surface area (Å²) in [4.78, 5) is 14.5. The highest BCUT2D eigenvalue weighted by Crippen LogP contribution is 2.36. The summed E-state index contributed by atoms with van der Waals surface area (Å²) in [5.74, 6) is 0. The van der Waals surface area contributed by atoms with Crippen molar-refractivity contribution >= 4 is 38.5 Å². The molecule has 0 amide bonds. The zero-order valence-electron chi connectivity index (χ0n) is 9.41. The summed E-state index contributed by atoms with van der Waals surface area (Å²) in [7, 11) is 0. The van der Waals surface area contributed by atoms with Gasteiger partial charge < -0.3 is 0 Å². The topological polar surface area (TPSA) is 79.8 Å². The van der Waals surface area contributed by atoms with E-state index in [1.807, 2.05) is 6.07 Å². The number of rotatable bonds is 3. The summed E-state index contributed by atoms with van der Waals surface area (Å²) in [5.41, 5.74) is 0.888. The second kappa shape index (κ2) is 5.61. The molecule has 0 fully saturated rings. The highest BCUT2D eigenvalue weighted by molar-refractivity contribution is 7.17. The molecule has 0 N–H and O–H groups in total. The first-order chi connectivity index (χ1) is 9.13. The van der Waals surface area contributed by atoms with E-state index in [4.69, 9.17) is 11.6 Å². The van der Waals surface area contributed by atoms with Crippen molar-refractivity contribution in [2.24, 2.45) is 0 Å². The third-order valence-corrected chi connectivity index (χ3v) is 3.85. The molecule has 2 aromatic rings. The van der Waals surface area contributed by atoms with Crippen LogP contribution >= 0.6 is 22.9 Å². The van der Waals surface area contributed by atoms with Gasteiger partial charge in [0.05, 0.1) is 20.4 Å². The number of allylic oxidation sites excluding steroid dienone is 1. The van der Waals surface area contributed by atoms with E-state index in [0.717, 1.165) is 11.3 Å². The first-order valence-corrected chi connectivity index (χ1v) is 6.28. The molecule has 0 radical (unpaired) electrons. The summed E-state index contributed by atoms with van der Waals surface area (Å²) in [5, 5.41) is 20.0. The molecule has 0 saturated carbocycles. The van der Waals surface area contributed by atoms with Gasteiger partial charge in [0.2, 0.25) is 0 Å². The van der Waals surface area contributed by atoms with Gasteiger partial charge >= 0.3 is 5.00 Å². The number of hydrogen-bond donors (Lipinski definition) is 0. The number of hydrogen-bond acceptors (Lipinski definition) is 5. The lowest BCUT2D eigenvalue weighted by atomic mass is 10.1. The predicted octanol–water partition coefficient (Wildman–Crippen LogP) is 3.68. The summed E-state index contributed by atoms with van der Waals surface area (Å²) < 4.78 is 0. The molecule has 0 unspecified atom stereocenters. The number of nitriles is 1. The van der Waals surface area contributed by atoms with E-state index in [9.17, 15) is 15.4 Å². The van der Waals surface area contributed by atoms with Gasteiger partial charge in [0.1, 0.15) is 6.07 Å². The van der Waals surface area contributed by atoms with Crippen LogP contribution in [0, 0.1) is 21.4 Å². The van der Waals surface area contributed by atoms with Crippen molar-refractivity contribution in [1.82, 2.24) is 4.98 Å². The van der Waals surface area contributed by atoms with E-state index in [2.05, 4.69) is 4.98 Å². The quantitative estimate of drug-likeness (QED) is 0.491. The van der Waals surface area contributed by atoms with Gasteiger partial charge in [0.25, 0.3) is 0 Å². The SMILES string of the molecule is N#C/C(=C(\Cl)c1ccc([N+](=O)[O-])s1)c1ccncc1. The monoisotopic (exact) mass is 291 g/mol. The minimum Gasteiger partial charge on any atom is -0.265 e. The Balaban J connectivity index is 2.49. The fourth-order valence-corrected chi connectivity index (χ4v) is 2.52. The summed E-state index contributed by atoms with van der Waals surface area (Å²) in [6.45, 7) is 0. The van der Waals surface area contributed by atoms with Gasteiger partial charge in [0, 0.05) is 18.5 Å². The molecular weight excluding hydrogens is 286 g/mol. The smallest absolute Gasteiger partial charge is 0.265 e. The lowest BCUT2D eigenvalue weighted by molar-refractivity contribution is -0.380. The largest absolute Gasteiger partial charge is 0.324 e. The van der Waals surface area contributed by atoms with Crippen molar-refractivity contribution in [3.8, 4) is 6.07 Å². The molecule has 0 atom stereocenters. The Hall–Kier alpha value is -2.23. The highest BCUT2D eigenvalue weighted by Gasteiger charge is 2.15. The first kappa shape index (κ1) is 13.2. The van der Waals surface area contributed by atoms with Crippen LogP contribution < -0.4 is 0 Å². The van der Waals surface area contributed by atoms with E-state index in [-0.39, 0.29) is 15.6 Å². The maximum absolute atomic E-state index is 10.6. The maximum Gasteiger partial charge on any atom is 0.324 e. The van der Waals surface area contributed by atoms with E-state index < -0.39 is 4.92 Å². The Labute approximate surface area is 117 Å². The van der Waals surface area contributed by atoms with Gasteiger partial charge in [-0.3, -0.25) is 15.1 Å². The van der Waals surface area contributed by atoms with E-state index in [1.165, 1.54) is 12.1 Å². The van der Waals surface area contributed by atoms with E-state index in [1.54, 1.807) is 24.5 Å². The van der Waals surface area contributed by atoms with Crippen molar-refractivity contribution in [3.63, 3.8) is 0 Å². The second-order valence-electron chi connectivity index (χ2n) is 3.43. The average Bonchev–Trinajstić information content (AvgIpc) is 2.90. The Morgan fingerprint density at radius 3 is 2.58 bits per heavy atom. The molecule has 5 nitrogen and oxygen atoms in total. The van der Waals surface area contributed by atoms with Crippen LogP contribution in [0.4, 0.5) is 5.00 Å². The third kappa shape index (κ3) is 2.78. The molecule has 0 spiro atoms. The van der Waals surface area contributed by atoms with Crippen molar-refractivity contribution in [3.05, 3.63) is 57.2 Å². The zero-order valence-corrected chi connectivity index (χ0v) is 11.0. The van der Waals surface area contributed by atoms with E-state index >= 15 is 0 Å². The molecule has 2 aromatic heterocycles. The van der Waals surface area contributed by atoms with Crippen molar-refractivity contribution in [2.45, 2.75) is 0 Å². The Kier molecular flexibility index (Phi) is 3.90. The average molecular weight is 292 g/mol. The second-order valence-corrected chi connectivity index (χ2v) is 4.87. The number of aromatic nitrogens is 1. The lowest BCUT2D eigenvalue weighted by Gasteiger charge is -2.01. The maximum atomic E-state index is 10.6. The minimum atomic E-state index is -0.489. The molecule has 2 rings (SSSR count). The molecule has 2 heterocycles. The van der Waals surface area contributed by atoms with Crippen LogP contribution in [0.2, 0.25) is 0 Å². The molecule has 94 valence electrons. The molecule has 0 saturated heterocycles. The van der Waals surface area contributed by atoms with Gasteiger partial charge in [-0.2, -0.15) is 5.26 Å². The number of nitro groups is 1. The number of nitrogens with zero attached hydrogens (tertiary/aromatic N) is 3. The standard InChI is InChI=1S/C12H6ClN3O2S/c13-12(10-1-2-11(19-10)16(17)18)9(7-14)8-3-5-15-6-4-8/h1-6H/b12-9+. The van der Waals surface area contributed by atoms with Gasteiger partial charge in [-0.25, -0.2) is 0 Å². The third-order valence-electron chi connectivity index (χ3n) is 2.29.